The molecule has 2 aromatic heterocycles. The molecule has 0 atom stereocenters. The predicted molar refractivity (Wildman–Crippen MR) is 95.9 cm³/mol. The second-order valence-corrected chi connectivity index (χ2v) is 5.89. The van der Waals surface area contributed by atoms with Crippen LogP contribution in [-0.4, -0.2) is 27.3 Å². The molecule has 0 spiro atoms. The summed E-state index contributed by atoms with van der Waals surface area (Å²) in [5, 5.41) is 4.49. The third-order valence-electron chi connectivity index (χ3n) is 4.09. The number of rotatable bonds is 6. The first-order chi connectivity index (χ1) is 12.2. The first-order valence-electron chi connectivity index (χ1n) is 8.34. The Kier molecular flexibility index (Phi) is 5.23. The third-order valence-corrected chi connectivity index (χ3v) is 4.09. The van der Waals surface area contributed by atoms with E-state index in [-0.39, 0.29) is 5.97 Å². The highest BCUT2D eigenvalue weighted by atomic mass is 16.5. The second kappa shape index (κ2) is 7.75. The maximum atomic E-state index is 12.5. The molecule has 0 aliphatic carbocycles. The standard InChI is InChI=1S/C20H21N3O2/c1-15-19(16(2)23(22-15)18-8-4-3-5-9-18)20(24)25-14-6-7-17-10-12-21-13-11-17/h3-5,8-13H,6-7,14H2,1-2H3. The van der Waals surface area contributed by atoms with Crippen LogP contribution < -0.4 is 0 Å². The van der Waals surface area contributed by atoms with E-state index in [0.29, 0.717) is 17.9 Å². The zero-order valence-electron chi connectivity index (χ0n) is 14.5. The van der Waals surface area contributed by atoms with Gasteiger partial charge in [-0.25, -0.2) is 9.48 Å². The van der Waals surface area contributed by atoms with Crippen LogP contribution in [0.4, 0.5) is 0 Å². The maximum absolute atomic E-state index is 12.5. The molecule has 0 bridgehead atoms. The van der Waals surface area contributed by atoms with Gasteiger partial charge in [0.05, 0.1) is 23.7 Å². The summed E-state index contributed by atoms with van der Waals surface area (Å²) in [5.41, 5.74) is 4.14. The lowest BCUT2D eigenvalue weighted by atomic mass is 10.1. The van der Waals surface area contributed by atoms with E-state index in [2.05, 4.69) is 10.1 Å². The van der Waals surface area contributed by atoms with Gasteiger partial charge in [-0.3, -0.25) is 4.98 Å². The zero-order chi connectivity index (χ0) is 17.6. The molecule has 2 heterocycles. The molecule has 0 saturated heterocycles. The summed E-state index contributed by atoms with van der Waals surface area (Å²) in [6.07, 6.45) is 5.18. The van der Waals surface area contributed by atoms with E-state index in [1.54, 1.807) is 17.1 Å². The number of pyridine rings is 1. The fourth-order valence-corrected chi connectivity index (χ4v) is 2.82. The van der Waals surface area contributed by atoms with Crippen molar-refractivity contribution in [3.05, 3.63) is 77.4 Å². The smallest absolute Gasteiger partial charge is 0.341 e. The lowest BCUT2D eigenvalue weighted by molar-refractivity contribution is 0.0499. The van der Waals surface area contributed by atoms with Crippen LogP contribution in [-0.2, 0) is 11.2 Å². The van der Waals surface area contributed by atoms with Gasteiger partial charge in [0.1, 0.15) is 5.56 Å². The van der Waals surface area contributed by atoms with E-state index in [9.17, 15) is 4.79 Å². The Morgan fingerprint density at radius 3 is 2.52 bits per heavy atom. The van der Waals surface area contributed by atoms with Crippen LogP contribution in [0.1, 0.15) is 33.7 Å². The van der Waals surface area contributed by atoms with Gasteiger partial charge in [0, 0.05) is 12.4 Å². The van der Waals surface area contributed by atoms with Crippen LogP contribution in [0.15, 0.2) is 54.9 Å². The fourth-order valence-electron chi connectivity index (χ4n) is 2.82. The molecular formula is C20H21N3O2. The summed E-state index contributed by atoms with van der Waals surface area (Å²) in [7, 11) is 0. The summed E-state index contributed by atoms with van der Waals surface area (Å²) in [6, 6.07) is 13.7. The highest BCUT2D eigenvalue weighted by Gasteiger charge is 2.20. The van der Waals surface area contributed by atoms with Gasteiger partial charge >= 0.3 is 5.97 Å². The Hall–Kier alpha value is -2.95. The van der Waals surface area contributed by atoms with Crippen LogP contribution in [0.25, 0.3) is 5.69 Å². The number of ether oxygens (including phenoxy) is 1. The number of hydrogen-bond acceptors (Lipinski definition) is 4. The summed E-state index contributed by atoms with van der Waals surface area (Å²) >= 11 is 0. The lowest BCUT2D eigenvalue weighted by Gasteiger charge is -2.06. The Balaban J connectivity index is 1.63. The summed E-state index contributed by atoms with van der Waals surface area (Å²) < 4.78 is 7.23. The average Bonchev–Trinajstić information content (AvgIpc) is 2.94. The van der Waals surface area contributed by atoms with Crippen molar-refractivity contribution in [3.63, 3.8) is 0 Å². The van der Waals surface area contributed by atoms with Gasteiger partial charge < -0.3 is 4.74 Å². The number of carbonyl (C=O) groups is 1. The van der Waals surface area contributed by atoms with Crippen LogP contribution in [0.5, 0.6) is 0 Å². The fraction of sp³-hybridized carbons (Fsp3) is 0.250. The SMILES string of the molecule is Cc1nn(-c2ccccc2)c(C)c1C(=O)OCCCc1ccncc1. The normalized spacial score (nSPS) is 10.6. The number of esters is 1. The Morgan fingerprint density at radius 2 is 1.80 bits per heavy atom. The van der Waals surface area contributed by atoms with E-state index in [0.717, 1.165) is 24.2 Å². The van der Waals surface area contributed by atoms with Crippen molar-refractivity contribution in [2.24, 2.45) is 0 Å². The van der Waals surface area contributed by atoms with Gasteiger partial charge in [0.25, 0.3) is 0 Å². The molecule has 0 fully saturated rings. The van der Waals surface area contributed by atoms with E-state index in [1.807, 2.05) is 56.3 Å². The highest BCUT2D eigenvalue weighted by molar-refractivity contribution is 5.92. The quantitative estimate of drug-likeness (QED) is 0.509. The van der Waals surface area contributed by atoms with Gasteiger partial charge in [-0.2, -0.15) is 5.10 Å². The van der Waals surface area contributed by atoms with E-state index < -0.39 is 0 Å². The molecule has 3 aromatic rings. The van der Waals surface area contributed by atoms with Gasteiger partial charge in [0.2, 0.25) is 0 Å². The van der Waals surface area contributed by atoms with Crippen molar-refractivity contribution in [3.8, 4) is 5.69 Å². The minimum absolute atomic E-state index is 0.313. The molecule has 0 saturated carbocycles. The molecule has 3 rings (SSSR count). The number of benzene rings is 1. The minimum Gasteiger partial charge on any atom is -0.462 e. The molecule has 0 radical (unpaired) electrons. The molecule has 0 aliphatic rings. The molecule has 0 aliphatic heterocycles. The monoisotopic (exact) mass is 335 g/mol. The first kappa shape index (κ1) is 16.9. The Bertz CT molecular complexity index is 842. The molecule has 25 heavy (non-hydrogen) atoms. The van der Waals surface area contributed by atoms with Crippen LogP contribution >= 0.6 is 0 Å². The molecule has 1 aromatic carbocycles. The number of aromatic nitrogens is 3. The first-order valence-corrected chi connectivity index (χ1v) is 8.34. The van der Waals surface area contributed by atoms with Crippen molar-refractivity contribution in [2.75, 3.05) is 6.61 Å². The minimum atomic E-state index is -0.313. The van der Waals surface area contributed by atoms with Crippen LogP contribution in [0.3, 0.4) is 0 Å². The van der Waals surface area contributed by atoms with Crippen LogP contribution in [0, 0.1) is 13.8 Å². The van der Waals surface area contributed by atoms with Gasteiger partial charge in [-0.1, -0.05) is 18.2 Å². The largest absolute Gasteiger partial charge is 0.462 e. The molecular weight excluding hydrogens is 314 g/mol. The Labute approximate surface area is 147 Å². The number of carbonyl (C=O) groups excluding carboxylic acids is 1. The number of aryl methyl sites for hydroxylation is 2. The maximum Gasteiger partial charge on any atom is 0.341 e. The van der Waals surface area contributed by atoms with Gasteiger partial charge in [-0.15, -0.1) is 0 Å². The molecule has 0 N–H and O–H groups in total. The summed E-state index contributed by atoms with van der Waals surface area (Å²) in [5.74, 6) is -0.313. The summed E-state index contributed by atoms with van der Waals surface area (Å²) in [6.45, 7) is 4.11. The molecule has 128 valence electrons. The van der Waals surface area contributed by atoms with Crippen molar-refractivity contribution in [1.82, 2.24) is 14.8 Å². The van der Waals surface area contributed by atoms with E-state index >= 15 is 0 Å². The number of nitrogens with zero attached hydrogens (tertiary/aromatic N) is 3. The number of hydrogen-bond donors (Lipinski definition) is 0. The predicted octanol–water partition coefficient (Wildman–Crippen LogP) is 3.67. The lowest BCUT2D eigenvalue weighted by Crippen LogP contribution is -2.09. The molecule has 0 unspecified atom stereocenters. The number of para-hydroxylation sites is 1. The second-order valence-electron chi connectivity index (χ2n) is 5.89. The average molecular weight is 335 g/mol. The Morgan fingerprint density at radius 1 is 1.08 bits per heavy atom. The van der Waals surface area contributed by atoms with E-state index in [1.165, 1.54) is 5.56 Å². The molecule has 5 nitrogen and oxygen atoms in total. The van der Waals surface area contributed by atoms with Crippen molar-refractivity contribution < 1.29 is 9.53 Å². The van der Waals surface area contributed by atoms with Gasteiger partial charge in [-0.05, 0) is 56.5 Å². The van der Waals surface area contributed by atoms with Crippen molar-refractivity contribution >= 4 is 5.97 Å². The summed E-state index contributed by atoms with van der Waals surface area (Å²) in [4.78, 5) is 16.5. The molecule has 5 heteroatoms. The van der Waals surface area contributed by atoms with E-state index in [4.69, 9.17) is 4.74 Å². The third kappa shape index (κ3) is 3.94. The van der Waals surface area contributed by atoms with Crippen molar-refractivity contribution in [2.45, 2.75) is 26.7 Å². The van der Waals surface area contributed by atoms with Crippen LogP contribution in [0.2, 0.25) is 0 Å². The van der Waals surface area contributed by atoms with Gasteiger partial charge in [0.15, 0.2) is 0 Å². The molecule has 0 amide bonds. The zero-order valence-corrected chi connectivity index (χ0v) is 14.5. The highest BCUT2D eigenvalue weighted by Crippen LogP contribution is 2.18. The topological polar surface area (TPSA) is 57.0 Å². The van der Waals surface area contributed by atoms with Crippen molar-refractivity contribution in [1.29, 1.82) is 0 Å².